The highest BCUT2D eigenvalue weighted by Gasteiger charge is 2.28. The highest BCUT2D eigenvalue weighted by atomic mass is 19.4. The molecule has 1 aromatic rings. The molecule has 0 saturated heterocycles. The molecule has 0 radical (unpaired) electrons. The number of aromatic nitrogens is 3. The van der Waals surface area contributed by atoms with Gasteiger partial charge in [-0.05, 0) is 0 Å². The van der Waals surface area contributed by atoms with Crippen molar-refractivity contribution >= 4 is 5.97 Å². The van der Waals surface area contributed by atoms with Crippen LogP contribution in [0.25, 0.3) is 0 Å². The van der Waals surface area contributed by atoms with E-state index >= 15 is 0 Å². The normalized spacial score (nSPS) is 11.6. The molecule has 1 aromatic heterocycles. The fraction of sp³-hybridized carbons (Fsp3) is 0.500. The Morgan fingerprint density at radius 3 is 2.71 bits per heavy atom. The number of hydrogen-bond acceptors (Lipinski definition) is 3. The minimum absolute atomic E-state index is 0.00162. The van der Waals surface area contributed by atoms with Crippen LogP contribution in [0.2, 0.25) is 0 Å². The number of carbonyl (C=O) groups is 1. The molecule has 0 aliphatic carbocycles. The molecule has 1 rings (SSSR count). The highest BCUT2D eigenvalue weighted by Crippen LogP contribution is 2.16. The van der Waals surface area contributed by atoms with Gasteiger partial charge < -0.3 is 5.11 Å². The Balaban J connectivity index is 2.64. The third-order valence-electron chi connectivity index (χ3n) is 1.26. The van der Waals surface area contributed by atoms with Crippen molar-refractivity contribution in [3.8, 4) is 0 Å². The van der Waals surface area contributed by atoms with Gasteiger partial charge >= 0.3 is 12.1 Å². The van der Waals surface area contributed by atoms with Crippen molar-refractivity contribution in [3.63, 3.8) is 0 Å². The summed E-state index contributed by atoms with van der Waals surface area (Å²) >= 11 is 0. The molecule has 0 spiro atoms. The fourth-order valence-corrected chi connectivity index (χ4v) is 0.835. The van der Waals surface area contributed by atoms with Gasteiger partial charge in [-0.1, -0.05) is 5.21 Å². The van der Waals surface area contributed by atoms with Crippen LogP contribution in [0.5, 0.6) is 0 Å². The van der Waals surface area contributed by atoms with Crippen LogP contribution in [-0.2, 0) is 17.8 Å². The van der Waals surface area contributed by atoms with Crippen molar-refractivity contribution in [1.29, 1.82) is 0 Å². The van der Waals surface area contributed by atoms with Crippen LogP contribution in [-0.4, -0.2) is 32.2 Å². The van der Waals surface area contributed by atoms with Gasteiger partial charge in [-0.3, -0.25) is 4.79 Å². The van der Waals surface area contributed by atoms with Crippen molar-refractivity contribution in [3.05, 3.63) is 11.9 Å². The molecule has 1 N–H and O–H groups in total. The van der Waals surface area contributed by atoms with Gasteiger partial charge in [0.2, 0.25) is 0 Å². The molecule has 0 aromatic carbocycles. The van der Waals surface area contributed by atoms with E-state index in [9.17, 15) is 18.0 Å². The van der Waals surface area contributed by atoms with Crippen molar-refractivity contribution in [1.82, 2.24) is 15.0 Å². The van der Waals surface area contributed by atoms with Crippen LogP contribution in [0, 0.1) is 0 Å². The fourth-order valence-electron chi connectivity index (χ4n) is 0.835. The quantitative estimate of drug-likeness (QED) is 0.785. The Kier molecular flexibility index (Phi) is 2.73. The Hall–Kier alpha value is -1.60. The molecule has 14 heavy (non-hydrogen) atoms. The zero-order valence-electron chi connectivity index (χ0n) is 6.82. The minimum atomic E-state index is -4.38. The molecule has 0 aliphatic heterocycles. The molecular weight excluding hydrogens is 203 g/mol. The average Bonchev–Trinajstić information content (AvgIpc) is 2.30. The second kappa shape index (κ2) is 3.64. The molecule has 0 unspecified atom stereocenters. The van der Waals surface area contributed by atoms with Gasteiger partial charge in [0.15, 0.2) is 0 Å². The lowest BCUT2D eigenvalue weighted by Crippen LogP contribution is -2.18. The molecule has 1 heterocycles. The Morgan fingerprint density at radius 1 is 1.57 bits per heavy atom. The molecule has 0 amide bonds. The number of halogens is 3. The Morgan fingerprint density at radius 2 is 2.21 bits per heavy atom. The lowest BCUT2D eigenvalue weighted by atomic mass is 10.3. The van der Waals surface area contributed by atoms with E-state index in [1.807, 2.05) is 0 Å². The first-order valence-corrected chi connectivity index (χ1v) is 3.54. The van der Waals surface area contributed by atoms with E-state index in [1.165, 1.54) is 0 Å². The van der Waals surface area contributed by atoms with Gasteiger partial charge in [0.1, 0.15) is 6.54 Å². The van der Waals surface area contributed by atoms with E-state index in [0.717, 1.165) is 6.20 Å². The standard InChI is InChI=1S/C6H6F3N3O2/c7-6(8,9)3-12-2-4(10-11-12)1-5(13)14/h2H,1,3H2,(H,13,14). The maximum atomic E-state index is 11.8. The van der Waals surface area contributed by atoms with Crippen molar-refractivity contribution < 1.29 is 23.1 Å². The van der Waals surface area contributed by atoms with Gasteiger partial charge in [0.25, 0.3) is 0 Å². The zero-order chi connectivity index (χ0) is 10.8. The van der Waals surface area contributed by atoms with Crippen LogP contribution in [0.15, 0.2) is 6.20 Å². The van der Waals surface area contributed by atoms with Crippen molar-refractivity contribution in [2.45, 2.75) is 19.1 Å². The number of carboxylic acid groups (broad SMARTS) is 1. The van der Waals surface area contributed by atoms with Gasteiger partial charge in [0.05, 0.1) is 12.1 Å². The SMILES string of the molecule is O=C(O)Cc1cn(CC(F)(F)F)nn1. The number of nitrogens with zero attached hydrogens (tertiary/aromatic N) is 3. The summed E-state index contributed by atoms with van der Waals surface area (Å²) < 4.78 is 36.0. The van der Waals surface area contributed by atoms with E-state index in [0.29, 0.717) is 4.68 Å². The predicted octanol–water partition coefficient (Wildman–Crippen LogP) is 0.468. The van der Waals surface area contributed by atoms with E-state index in [2.05, 4.69) is 10.3 Å². The topological polar surface area (TPSA) is 68.0 Å². The number of aliphatic carboxylic acids is 1. The third-order valence-corrected chi connectivity index (χ3v) is 1.26. The smallest absolute Gasteiger partial charge is 0.408 e. The van der Waals surface area contributed by atoms with E-state index < -0.39 is 25.1 Å². The van der Waals surface area contributed by atoms with E-state index in [-0.39, 0.29) is 5.69 Å². The lowest BCUT2D eigenvalue weighted by molar-refractivity contribution is -0.142. The molecule has 8 heteroatoms. The van der Waals surface area contributed by atoms with Gasteiger partial charge in [0, 0.05) is 6.20 Å². The summed E-state index contributed by atoms with van der Waals surface area (Å²) in [6.45, 7) is -1.26. The summed E-state index contributed by atoms with van der Waals surface area (Å²) in [5.74, 6) is -1.16. The van der Waals surface area contributed by atoms with Gasteiger partial charge in [-0.2, -0.15) is 13.2 Å². The largest absolute Gasteiger partial charge is 0.481 e. The first-order valence-electron chi connectivity index (χ1n) is 3.54. The van der Waals surface area contributed by atoms with E-state index in [4.69, 9.17) is 5.11 Å². The summed E-state index contributed by atoms with van der Waals surface area (Å²) in [6.07, 6.45) is -3.85. The average molecular weight is 209 g/mol. The van der Waals surface area contributed by atoms with Crippen LogP contribution in [0.4, 0.5) is 13.2 Å². The number of alkyl halides is 3. The molecule has 0 atom stereocenters. The molecule has 0 fully saturated rings. The van der Waals surface area contributed by atoms with Crippen molar-refractivity contribution in [2.24, 2.45) is 0 Å². The third kappa shape index (κ3) is 3.42. The zero-order valence-corrected chi connectivity index (χ0v) is 6.82. The molecule has 78 valence electrons. The summed E-state index contributed by atoms with van der Waals surface area (Å²) in [5.41, 5.74) is 0.00162. The highest BCUT2D eigenvalue weighted by molar-refractivity contribution is 5.69. The van der Waals surface area contributed by atoms with Crippen LogP contribution >= 0.6 is 0 Å². The minimum Gasteiger partial charge on any atom is -0.481 e. The Bertz CT molecular complexity index is 333. The van der Waals surface area contributed by atoms with Crippen molar-refractivity contribution in [2.75, 3.05) is 0 Å². The summed E-state index contributed by atoms with van der Waals surface area (Å²) in [7, 11) is 0. The summed E-state index contributed by atoms with van der Waals surface area (Å²) in [6, 6.07) is 0. The first-order chi connectivity index (χ1) is 6.37. The second-order valence-electron chi connectivity index (χ2n) is 2.59. The van der Waals surface area contributed by atoms with Gasteiger partial charge in [-0.25, -0.2) is 4.68 Å². The maximum absolute atomic E-state index is 11.8. The number of carboxylic acids is 1. The summed E-state index contributed by atoms with van der Waals surface area (Å²) in [5, 5.41) is 14.7. The first kappa shape index (κ1) is 10.5. The maximum Gasteiger partial charge on any atom is 0.408 e. The molecule has 0 bridgehead atoms. The van der Waals surface area contributed by atoms with Crippen LogP contribution < -0.4 is 0 Å². The monoisotopic (exact) mass is 209 g/mol. The molecule has 0 aliphatic rings. The molecular formula is C6H6F3N3O2. The Labute approximate surface area is 76.1 Å². The molecule has 0 saturated carbocycles. The molecule has 5 nitrogen and oxygen atoms in total. The van der Waals surface area contributed by atoms with Crippen LogP contribution in [0.1, 0.15) is 5.69 Å². The van der Waals surface area contributed by atoms with Gasteiger partial charge in [-0.15, -0.1) is 5.10 Å². The summed E-state index contributed by atoms with van der Waals surface area (Å²) in [4.78, 5) is 10.2. The number of rotatable bonds is 3. The second-order valence-corrected chi connectivity index (χ2v) is 2.59. The predicted molar refractivity (Wildman–Crippen MR) is 37.4 cm³/mol. The lowest BCUT2D eigenvalue weighted by Gasteiger charge is -2.03. The van der Waals surface area contributed by atoms with Crippen LogP contribution in [0.3, 0.4) is 0 Å². The number of hydrogen-bond donors (Lipinski definition) is 1. The van der Waals surface area contributed by atoms with E-state index in [1.54, 1.807) is 0 Å².